The van der Waals surface area contributed by atoms with Gasteiger partial charge < -0.3 is 14.2 Å². The first-order valence-corrected chi connectivity index (χ1v) is 6.86. The molecular weight excluding hydrogens is 232 g/mol. The predicted octanol–water partition coefficient (Wildman–Crippen LogP) is 2.43. The lowest BCUT2D eigenvalue weighted by atomic mass is 9.89. The molecule has 0 aromatic carbocycles. The van der Waals surface area contributed by atoms with E-state index in [9.17, 15) is 4.79 Å². The second kappa shape index (κ2) is 6.90. The minimum absolute atomic E-state index is 0.0367. The third-order valence-corrected chi connectivity index (χ3v) is 3.66. The van der Waals surface area contributed by atoms with Crippen LogP contribution in [0.25, 0.3) is 0 Å². The van der Waals surface area contributed by atoms with Crippen molar-refractivity contribution in [2.75, 3.05) is 13.2 Å². The van der Waals surface area contributed by atoms with E-state index in [1.165, 1.54) is 38.2 Å². The first-order chi connectivity index (χ1) is 8.79. The Morgan fingerprint density at radius 1 is 1.33 bits per heavy atom. The van der Waals surface area contributed by atoms with Crippen LogP contribution in [0.15, 0.2) is 12.7 Å². The highest BCUT2D eigenvalue weighted by molar-refractivity contribution is 5.81. The molecule has 1 saturated heterocycles. The fraction of sp³-hybridized carbons (Fsp3) is 0.786. The summed E-state index contributed by atoms with van der Waals surface area (Å²) in [5.74, 6) is 0.178. The van der Waals surface area contributed by atoms with Crippen molar-refractivity contribution < 1.29 is 19.0 Å². The second-order valence-corrected chi connectivity index (χ2v) is 5.02. The van der Waals surface area contributed by atoms with Crippen LogP contribution in [0.5, 0.6) is 0 Å². The maximum absolute atomic E-state index is 10.9. The van der Waals surface area contributed by atoms with Crippen molar-refractivity contribution in [2.24, 2.45) is 5.92 Å². The maximum atomic E-state index is 10.9. The minimum atomic E-state index is -0.377. The topological polar surface area (TPSA) is 44.8 Å². The van der Waals surface area contributed by atoms with Gasteiger partial charge in [-0.15, -0.1) is 0 Å². The van der Waals surface area contributed by atoms with Gasteiger partial charge in [-0.1, -0.05) is 25.8 Å². The van der Waals surface area contributed by atoms with Crippen molar-refractivity contribution in [3.05, 3.63) is 12.7 Å². The summed E-state index contributed by atoms with van der Waals surface area (Å²) in [7, 11) is 0. The van der Waals surface area contributed by atoms with Gasteiger partial charge in [0.15, 0.2) is 6.29 Å². The first-order valence-electron chi connectivity index (χ1n) is 6.86. The summed E-state index contributed by atoms with van der Waals surface area (Å²) in [6, 6.07) is 0. The normalized spacial score (nSPS) is 29.1. The van der Waals surface area contributed by atoms with E-state index in [4.69, 9.17) is 14.2 Å². The molecule has 2 rings (SSSR count). The Balaban J connectivity index is 1.65. The molecule has 4 heteroatoms. The van der Waals surface area contributed by atoms with Gasteiger partial charge in [-0.2, -0.15) is 0 Å². The van der Waals surface area contributed by atoms with Crippen molar-refractivity contribution in [1.82, 2.24) is 0 Å². The predicted molar refractivity (Wildman–Crippen MR) is 67.0 cm³/mol. The molecule has 1 aliphatic heterocycles. The molecule has 0 spiro atoms. The highest BCUT2D eigenvalue weighted by Gasteiger charge is 2.33. The van der Waals surface area contributed by atoms with Gasteiger partial charge in [-0.25, -0.2) is 4.79 Å². The van der Waals surface area contributed by atoms with Gasteiger partial charge in [0.1, 0.15) is 0 Å². The molecule has 2 fully saturated rings. The molecule has 0 N–H and O–H groups in total. The molecule has 4 nitrogen and oxygen atoms in total. The molecule has 0 radical (unpaired) electrons. The lowest BCUT2D eigenvalue weighted by Crippen LogP contribution is -2.25. The number of esters is 1. The Morgan fingerprint density at radius 3 is 2.83 bits per heavy atom. The molecule has 1 heterocycles. The Hall–Kier alpha value is -0.870. The fourth-order valence-electron chi connectivity index (χ4n) is 2.63. The van der Waals surface area contributed by atoms with Crippen molar-refractivity contribution in [1.29, 1.82) is 0 Å². The summed E-state index contributed by atoms with van der Waals surface area (Å²) in [5.41, 5.74) is 0. The van der Waals surface area contributed by atoms with E-state index in [0.717, 1.165) is 0 Å². The van der Waals surface area contributed by atoms with Gasteiger partial charge in [0.05, 0.1) is 19.3 Å². The SMILES string of the molecule is C=CC(=O)OCCC1COC(C2CCCCC2)O1. The van der Waals surface area contributed by atoms with E-state index in [2.05, 4.69) is 6.58 Å². The summed E-state index contributed by atoms with van der Waals surface area (Å²) in [4.78, 5) is 10.9. The third-order valence-electron chi connectivity index (χ3n) is 3.66. The van der Waals surface area contributed by atoms with Crippen LogP contribution in [-0.4, -0.2) is 31.6 Å². The largest absolute Gasteiger partial charge is 0.462 e. The van der Waals surface area contributed by atoms with Gasteiger partial charge in [0.25, 0.3) is 0 Å². The molecule has 1 saturated carbocycles. The highest BCUT2D eigenvalue weighted by Crippen LogP contribution is 2.32. The Morgan fingerprint density at radius 2 is 2.11 bits per heavy atom. The Bertz CT molecular complexity index is 284. The first kappa shape index (κ1) is 13.6. The lowest BCUT2D eigenvalue weighted by molar-refractivity contribution is -0.139. The van der Waals surface area contributed by atoms with Crippen LogP contribution in [0.3, 0.4) is 0 Å². The number of hydrogen-bond acceptors (Lipinski definition) is 4. The minimum Gasteiger partial charge on any atom is -0.462 e. The molecule has 2 aliphatic rings. The fourth-order valence-corrected chi connectivity index (χ4v) is 2.63. The van der Waals surface area contributed by atoms with Crippen molar-refractivity contribution in [3.8, 4) is 0 Å². The van der Waals surface area contributed by atoms with E-state index >= 15 is 0 Å². The van der Waals surface area contributed by atoms with Gasteiger partial charge in [-0.05, 0) is 12.8 Å². The average molecular weight is 254 g/mol. The van der Waals surface area contributed by atoms with Gasteiger partial charge in [-0.3, -0.25) is 0 Å². The molecule has 0 bridgehead atoms. The summed E-state index contributed by atoms with van der Waals surface area (Å²) in [6.07, 6.45) is 8.24. The van der Waals surface area contributed by atoms with Crippen molar-refractivity contribution >= 4 is 5.97 Å². The summed E-state index contributed by atoms with van der Waals surface area (Å²) in [6.45, 7) is 4.34. The van der Waals surface area contributed by atoms with Crippen LogP contribution in [-0.2, 0) is 19.0 Å². The van der Waals surface area contributed by atoms with Crippen molar-refractivity contribution in [2.45, 2.75) is 50.9 Å². The van der Waals surface area contributed by atoms with Gasteiger partial charge >= 0.3 is 5.97 Å². The Labute approximate surface area is 108 Å². The van der Waals surface area contributed by atoms with Crippen LogP contribution in [0, 0.1) is 5.92 Å². The highest BCUT2D eigenvalue weighted by atomic mass is 16.7. The standard InChI is InChI=1S/C14H22O4/c1-2-13(15)16-9-8-12-10-17-14(18-12)11-6-4-3-5-7-11/h2,11-12,14H,1,3-10H2. The van der Waals surface area contributed by atoms with E-state index in [0.29, 0.717) is 25.6 Å². The number of carbonyl (C=O) groups is 1. The third kappa shape index (κ3) is 3.82. The van der Waals surface area contributed by atoms with Crippen LogP contribution in [0.1, 0.15) is 38.5 Å². The molecule has 2 atom stereocenters. The zero-order valence-electron chi connectivity index (χ0n) is 10.8. The average Bonchev–Trinajstić information content (AvgIpc) is 2.88. The molecule has 102 valence electrons. The maximum Gasteiger partial charge on any atom is 0.330 e. The van der Waals surface area contributed by atoms with Crippen LogP contribution in [0.4, 0.5) is 0 Å². The second-order valence-electron chi connectivity index (χ2n) is 5.02. The van der Waals surface area contributed by atoms with E-state index in [1.807, 2.05) is 0 Å². The molecule has 1 aliphatic carbocycles. The zero-order valence-corrected chi connectivity index (χ0v) is 10.8. The summed E-state index contributed by atoms with van der Waals surface area (Å²) < 4.78 is 16.5. The molecule has 0 amide bonds. The quantitative estimate of drug-likeness (QED) is 0.558. The molecule has 0 aromatic rings. The number of carbonyl (C=O) groups excluding carboxylic acids is 1. The van der Waals surface area contributed by atoms with E-state index < -0.39 is 0 Å². The monoisotopic (exact) mass is 254 g/mol. The summed E-state index contributed by atoms with van der Waals surface area (Å²) >= 11 is 0. The number of hydrogen-bond donors (Lipinski definition) is 0. The van der Waals surface area contributed by atoms with Gasteiger partial charge in [0.2, 0.25) is 0 Å². The van der Waals surface area contributed by atoms with Crippen molar-refractivity contribution in [3.63, 3.8) is 0 Å². The summed E-state index contributed by atoms with van der Waals surface area (Å²) in [5, 5.41) is 0. The van der Waals surface area contributed by atoms with Gasteiger partial charge in [0, 0.05) is 18.4 Å². The molecular formula is C14H22O4. The number of ether oxygens (including phenoxy) is 3. The van der Waals surface area contributed by atoms with Crippen LogP contribution < -0.4 is 0 Å². The zero-order chi connectivity index (χ0) is 12.8. The molecule has 2 unspecified atom stereocenters. The Kier molecular flexibility index (Phi) is 5.20. The molecule has 18 heavy (non-hydrogen) atoms. The van der Waals surface area contributed by atoms with Crippen LogP contribution in [0.2, 0.25) is 0 Å². The number of rotatable bonds is 5. The van der Waals surface area contributed by atoms with Crippen LogP contribution >= 0.6 is 0 Å². The van der Waals surface area contributed by atoms with E-state index in [-0.39, 0.29) is 18.4 Å². The van der Waals surface area contributed by atoms with E-state index in [1.54, 1.807) is 0 Å². The smallest absolute Gasteiger partial charge is 0.330 e. The molecule has 0 aromatic heterocycles. The lowest BCUT2D eigenvalue weighted by Gasteiger charge is -2.26.